The van der Waals surface area contributed by atoms with Gasteiger partial charge in [0.25, 0.3) is 0 Å². The summed E-state index contributed by atoms with van der Waals surface area (Å²) in [5, 5.41) is 0. The summed E-state index contributed by atoms with van der Waals surface area (Å²) < 4.78 is 11.1. The van der Waals surface area contributed by atoms with Gasteiger partial charge < -0.3 is 9.47 Å². The Hall–Kier alpha value is -1.72. The average Bonchev–Trinajstić information content (AvgIpc) is 2.61. The minimum absolute atomic E-state index is 0.483. The highest BCUT2D eigenvalue weighted by molar-refractivity contribution is 5.40. The van der Waals surface area contributed by atoms with E-state index < -0.39 is 0 Å². The summed E-state index contributed by atoms with van der Waals surface area (Å²) in [5.41, 5.74) is 1.02. The predicted octanol–water partition coefficient (Wildman–Crippen LogP) is 4.98. The Kier molecular flexibility index (Phi) is 7.77. The normalized spacial score (nSPS) is 21.0. The standard InChI is InChI=1S/C21H28O2/c1-3-4-17-23-21-15-11-19(12-16-21)8-6-5-7-18-9-13-20(22-2)14-10-18/h6,8-10,13-14,19,21H,3-4,11-12,15-17H2,1-2H3/t19-,21-. The fraction of sp³-hybridized carbons (Fsp3) is 0.524. The van der Waals surface area contributed by atoms with Crippen LogP contribution in [0, 0.1) is 17.8 Å². The second-order valence-corrected chi connectivity index (χ2v) is 6.12. The number of ether oxygens (including phenoxy) is 2. The van der Waals surface area contributed by atoms with E-state index in [4.69, 9.17) is 9.47 Å². The van der Waals surface area contributed by atoms with Crippen LogP contribution in [0.4, 0.5) is 0 Å². The molecule has 0 bridgehead atoms. The third-order valence-electron chi connectivity index (χ3n) is 4.33. The summed E-state index contributed by atoms with van der Waals surface area (Å²) in [6.45, 7) is 3.13. The Labute approximate surface area is 140 Å². The van der Waals surface area contributed by atoms with Crippen LogP contribution in [-0.4, -0.2) is 19.8 Å². The molecule has 1 aliphatic rings. The van der Waals surface area contributed by atoms with Crippen LogP contribution in [-0.2, 0) is 4.74 Å². The van der Waals surface area contributed by atoms with Crippen molar-refractivity contribution in [2.24, 2.45) is 5.92 Å². The van der Waals surface area contributed by atoms with E-state index in [2.05, 4.69) is 24.8 Å². The Balaban J connectivity index is 1.71. The van der Waals surface area contributed by atoms with Gasteiger partial charge in [-0.2, -0.15) is 0 Å². The molecule has 1 saturated carbocycles. The van der Waals surface area contributed by atoms with E-state index in [9.17, 15) is 0 Å². The first kappa shape index (κ1) is 17.6. The summed E-state index contributed by atoms with van der Waals surface area (Å²) in [6.07, 6.45) is 12.0. The van der Waals surface area contributed by atoms with Crippen LogP contribution in [0.2, 0.25) is 0 Å². The van der Waals surface area contributed by atoms with Crippen LogP contribution in [0.25, 0.3) is 0 Å². The van der Waals surface area contributed by atoms with Gasteiger partial charge in [-0.1, -0.05) is 31.3 Å². The lowest BCUT2D eigenvalue weighted by Gasteiger charge is -2.26. The van der Waals surface area contributed by atoms with Gasteiger partial charge >= 0.3 is 0 Å². The zero-order chi connectivity index (χ0) is 16.3. The van der Waals surface area contributed by atoms with Gasteiger partial charge in [0, 0.05) is 12.2 Å². The molecule has 23 heavy (non-hydrogen) atoms. The maximum absolute atomic E-state index is 5.91. The van der Waals surface area contributed by atoms with Crippen molar-refractivity contribution in [1.29, 1.82) is 0 Å². The molecule has 0 unspecified atom stereocenters. The van der Waals surface area contributed by atoms with E-state index in [0.29, 0.717) is 12.0 Å². The second-order valence-electron chi connectivity index (χ2n) is 6.12. The van der Waals surface area contributed by atoms with Crippen LogP contribution in [0.5, 0.6) is 5.75 Å². The molecule has 0 aromatic heterocycles. The van der Waals surface area contributed by atoms with Gasteiger partial charge in [-0.05, 0) is 68.4 Å². The van der Waals surface area contributed by atoms with Crippen molar-refractivity contribution in [2.75, 3.05) is 13.7 Å². The van der Waals surface area contributed by atoms with Crippen molar-refractivity contribution < 1.29 is 9.47 Å². The highest BCUT2D eigenvalue weighted by atomic mass is 16.5. The molecule has 124 valence electrons. The van der Waals surface area contributed by atoms with Crippen molar-refractivity contribution in [3.63, 3.8) is 0 Å². The Morgan fingerprint density at radius 3 is 2.52 bits per heavy atom. The van der Waals surface area contributed by atoms with E-state index in [1.54, 1.807) is 7.11 Å². The Bertz CT molecular complexity index is 525. The second kappa shape index (κ2) is 10.1. The molecule has 1 fully saturated rings. The molecule has 0 saturated heterocycles. The van der Waals surface area contributed by atoms with Crippen LogP contribution in [0.1, 0.15) is 51.0 Å². The first-order valence-electron chi connectivity index (χ1n) is 8.75. The number of benzene rings is 1. The SMILES string of the molecule is CCCCO[C@H]1CC[C@H](C=CC#Cc2ccc(OC)cc2)CC1. The summed E-state index contributed by atoms with van der Waals surface area (Å²) >= 11 is 0. The highest BCUT2D eigenvalue weighted by Crippen LogP contribution is 2.27. The summed E-state index contributed by atoms with van der Waals surface area (Å²) in [6, 6.07) is 7.85. The molecule has 0 radical (unpaired) electrons. The minimum atomic E-state index is 0.483. The van der Waals surface area contributed by atoms with Crippen LogP contribution in [0.15, 0.2) is 36.4 Å². The summed E-state index contributed by atoms with van der Waals surface area (Å²) in [7, 11) is 1.67. The van der Waals surface area contributed by atoms with Gasteiger partial charge in [0.2, 0.25) is 0 Å². The van der Waals surface area contributed by atoms with Crippen molar-refractivity contribution in [1.82, 2.24) is 0 Å². The molecule has 2 heteroatoms. The molecule has 0 heterocycles. The molecule has 0 spiro atoms. The van der Waals surface area contributed by atoms with Crippen molar-refractivity contribution in [3.05, 3.63) is 42.0 Å². The van der Waals surface area contributed by atoms with Crippen LogP contribution in [0.3, 0.4) is 0 Å². The lowest BCUT2D eigenvalue weighted by Crippen LogP contribution is -2.21. The van der Waals surface area contributed by atoms with E-state index in [-0.39, 0.29) is 0 Å². The molecule has 2 nitrogen and oxygen atoms in total. The number of methoxy groups -OCH3 is 1. The fourth-order valence-electron chi connectivity index (χ4n) is 2.83. The van der Waals surface area contributed by atoms with Crippen LogP contribution < -0.4 is 4.74 Å². The maximum atomic E-state index is 5.91. The molecule has 1 aromatic rings. The molecular weight excluding hydrogens is 284 g/mol. The fourth-order valence-corrected chi connectivity index (χ4v) is 2.83. The Morgan fingerprint density at radius 1 is 1.13 bits per heavy atom. The molecule has 2 rings (SSSR count). The highest BCUT2D eigenvalue weighted by Gasteiger charge is 2.19. The third-order valence-corrected chi connectivity index (χ3v) is 4.33. The van der Waals surface area contributed by atoms with Gasteiger partial charge in [0.05, 0.1) is 13.2 Å². The number of allylic oxidation sites excluding steroid dienone is 2. The van der Waals surface area contributed by atoms with E-state index >= 15 is 0 Å². The van der Waals surface area contributed by atoms with E-state index in [0.717, 1.165) is 17.9 Å². The first-order chi connectivity index (χ1) is 11.3. The number of hydrogen-bond donors (Lipinski definition) is 0. The average molecular weight is 312 g/mol. The quantitative estimate of drug-likeness (QED) is 0.545. The van der Waals surface area contributed by atoms with Gasteiger partial charge in [-0.15, -0.1) is 0 Å². The van der Waals surface area contributed by atoms with Gasteiger partial charge in [-0.3, -0.25) is 0 Å². The first-order valence-corrected chi connectivity index (χ1v) is 8.75. The minimum Gasteiger partial charge on any atom is -0.497 e. The monoisotopic (exact) mass is 312 g/mol. The number of unbranched alkanes of at least 4 members (excludes halogenated alkanes) is 1. The molecule has 0 N–H and O–H groups in total. The Morgan fingerprint density at radius 2 is 1.87 bits per heavy atom. The van der Waals surface area contributed by atoms with Crippen molar-refractivity contribution in [2.45, 2.75) is 51.6 Å². The zero-order valence-corrected chi connectivity index (χ0v) is 14.4. The molecule has 0 aliphatic heterocycles. The number of hydrogen-bond acceptors (Lipinski definition) is 2. The topological polar surface area (TPSA) is 18.5 Å². The van der Waals surface area contributed by atoms with E-state index in [1.165, 1.54) is 38.5 Å². The lowest BCUT2D eigenvalue weighted by molar-refractivity contribution is 0.0209. The summed E-state index contributed by atoms with van der Waals surface area (Å²) in [4.78, 5) is 0. The molecule has 1 aliphatic carbocycles. The van der Waals surface area contributed by atoms with Crippen LogP contribution >= 0.6 is 0 Å². The third kappa shape index (κ3) is 6.50. The summed E-state index contributed by atoms with van der Waals surface area (Å²) in [5.74, 6) is 7.82. The molecular formula is C21H28O2. The van der Waals surface area contributed by atoms with Crippen molar-refractivity contribution in [3.8, 4) is 17.6 Å². The number of rotatable bonds is 6. The van der Waals surface area contributed by atoms with Gasteiger partial charge in [0.15, 0.2) is 0 Å². The lowest BCUT2D eigenvalue weighted by atomic mass is 9.87. The van der Waals surface area contributed by atoms with Crippen molar-refractivity contribution >= 4 is 0 Å². The largest absolute Gasteiger partial charge is 0.497 e. The zero-order valence-electron chi connectivity index (χ0n) is 14.4. The molecule has 0 amide bonds. The van der Waals surface area contributed by atoms with Gasteiger partial charge in [0.1, 0.15) is 5.75 Å². The van der Waals surface area contributed by atoms with Gasteiger partial charge in [-0.25, -0.2) is 0 Å². The molecule has 0 atom stereocenters. The van der Waals surface area contributed by atoms with E-state index in [1.807, 2.05) is 30.3 Å². The molecule has 1 aromatic carbocycles. The maximum Gasteiger partial charge on any atom is 0.118 e. The smallest absolute Gasteiger partial charge is 0.118 e. The predicted molar refractivity (Wildman–Crippen MR) is 95.6 cm³/mol.